The Morgan fingerprint density at radius 2 is 2.18 bits per heavy atom. The number of ether oxygens (including phenoxy) is 1. The van der Waals surface area contributed by atoms with E-state index in [1.165, 1.54) is 0 Å². The number of benzene rings is 1. The topological polar surface area (TPSA) is 50.3 Å². The Balaban J connectivity index is 1.72. The molecule has 1 fully saturated rings. The van der Waals surface area contributed by atoms with Crippen molar-refractivity contribution in [1.82, 2.24) is 14.5 Å². The van der Waals surface area contributed by atoms with Crippen LogP contribution in [0.2, 0.25) is 0 Å². The van der Waals surface area contributed by atoms with Gasteiger partial charge in [0.2, 0.25) is 0 Å². The Hall–Kier alpha value is -1.92. The first-order chi connectivity index (χ1) is 10.7. The highest BCUT2D eigenvalue weighted by Gasteiger charge is 2.26. The Labute approximate surface area is 134 Å². The van der Waals surface area contributed by atoms with Gasteiger partial charge in [-0.1, -0.05) is 0 Å². The van der Waals surface area contributed by atoms with E-state index in [1.54, 1.807) is 13.3 Å². The van der Waals surface area contributed by atoms with E-state index in [4.69, 9.17) is 17.0 Å². The summed E-state index contributed by atoms with van der Waals surface area (Å²) in [7, 11) is 1.70. The van der Waals surface area contributed by atoms with Crippen LogP contribution in [0.5, 0.6) is 0 Å². The highest BCUT2D eigenvalue weighted by molar-refractivity contribution is 7.71. The maximum Gasteiger partial charge on any atom is 0.253 e. The standard InChI is InChI=1S/C16H19N3O2S/c1-21-11-12-6-8-18(10-12)15(20)13-2-4-14(5-3-13)19-9-7-17-16(19)22/h2-5,7,9,12H,6,8,10-11H2,1H3,(H,17,22). The molecule has 0 saturated carbocycles. The van der Waals surface area contributed by atoms with Crippen molar-refractivity contribution in [1.29, 1.82) is 0 Å². The third-order valence-electron chi connectivity index (χ3n) is 4.02. The van der Waals surface area contributed by atoms with Crippen LogP contribution in [0.15, 0.2) is 36.7 Å². The Kier molecular flexibility index (Phi) is 4.40. The predicted octanol–water partition coefficient (Wildman–Crippen LogP) is 2.64. The van der Waals surface area contributed by atoms with Crippen molar-refractivity contribution < 1.29 is 9.53 Å². The van der Waals surface area contributed by atoms with Gasteiger partial charge in [-0.3, -0.25) is 9.36 Å². The summed E-state index contributed by atoms with van der Waals surface area (Å²) < 4.78 is 7.68. The summed E-state index contributed by atoms with van der Waals surface area (Å²) in [6.45, 7) is 2.29. The SMILES string of the molecule is COCC1CCN(C(=O)c2ccc(-n3cc[nH]c3=S)cc2)C1. The Morgan fingerprint density at radius 3 is 2.82 bits per heavy atom. The van der Waals surface area contributed by atoms with Gasteiger partial charge in [0.1, 0.15) is 0 Å². The molecule has 0 radical (unpaired) electrons. The molecule has 0 bridgehead atoms. The summed E-state index contributed by atoms with van der Waals surface area (Å²) in [6, 6.07) is 7.55. The number of nitrogens with zero attached hydrogens (tertiary/aromatic N) is 2. The number of hydrogen-bond donors (Lipinski definition) is 1. The summed E-state index contributed by atoms with van der Waals surface area (Å²) in [5, 5.41) is 0. The van der Waals surface area contributed by atoms with E-state index in [0.717, 1.165) is 25.2 Å². The molecule has 1 amide bonds. The number of hydrogen-bond acceptors (Lipinski definition) is 3. The molecule has 22 heavy (non-hydrogen) atoms. The molecule has 1 aliphatic heterocycles. The number of aromatic nitrogens is 2. The lowest BCUT2D eigenvalue weighted by atomic mass is 10.1. The summed E-state index contributed by atoms with van der Waals surface area (Å²) in [5.41, 5.74) is 1.66. The van der Waals surface area contributed by atoms with Gasteiger partial charge in [0, 0.05) is 49.8 Å². The summed E-state index contributed by atoms with van der Waals surface area (Å²) in [6.07, 6.45) is 4.67. The van der Waals surface area contributed by atoms with Gasteiger partial charge in [-0.2, -0.15) is 0 Å². The van der Waals surface area contributed by atoms with Crippen LogP contribution in [0, 0.1) is 10.7 Å². The van der Waals surface area contributed by atoms with E-state index in [0.29, 0.717) is 22.9 Å². The van der Waals surface area contributed by atoms with Crippen LogP contribution in [0.4, 0.5) is 0 Å². The molecule has 5 nitrogen and oxygen atoms in total. The van der Waals surface area contributed by atoms with Crippen molar-refractivity contribution in [2.75, 3.05) is 26.8 Å². The number of methoxy groups -OCH3 is 1. The minimum Gasteiger partial charge on any atom is -0.384 e. The number of H-pyrrole nitrogens is 1. The second kappa shape index (κ2) is 6.46. The third-order valence-corrected chi connectivity index (χ3v) is 4.33. The van der Waals surface area contributed by atoms with E-state index in [9.17, 15) is 4.79 Å². The molecular weight excluding hydrogens is 298 g/mol. The molecule has 1 saturated heterocycles. The molecule has 1 aromatic heterocycles. The first kappa shape index (κ1) is 15.0. The third kappa shape index (κ3) is 2.98. The first-order valence-electron chi connectivity index (χ1n) is 7.33. The van der Waals surface area contributed by atoms with E-state index in [-0.39, 0.29) is 5.91 Å². The molecular formula is C16H19N3O2S. The summed E-state index contributed by atoms with van der Waals surface area (Å²) in [5.74, 6) is 0.536. The van der Waals surface area contributed by atoms with Crippen LogP contribution in [0.1, 0.15) is 16.8 Å². The number of amides is 1. The van der Waals surface area contributed by atoms with Crippen LogP contribution in [-0.2, 0) is 4.74 Å². The lowest BCUT2D eigenvalue weighted by Gasteiger charge is -2.16. The van der Waals surface area contributed by atoms with Gasteiger partial charge in [-0.15, -0.1) is 0 Å². The zero-order valence-electron chi connectivity index (χ0n) is 12.5. The smallest absolute Gasteiger partial charge is 0.253 e. The largest absolute Gasteiger partial charge is 0.384 e. The van der Waals surface area contributed by atoms with Crippen LogP contribution < -0.4 is 0 Å². The van der Waals surface area contributed by atoms with E-state index < -0.39 is 0 Å². The van der Waals surface area contributed by atoms with Gasteiger partial charge in [0.05, 0.1) is 6.61 Å². The van der Waals surface area contributed by atoms with E-state index in [1.807, 2.05) is 39.9 Å². The number of imidazole rings is 1. The molecule has 2 heterocycles. The Morgan fingerprint density at radius 1 is 1.41 bits per heavy atom. The number of carbonyl (C=O) groups excluding carboxylic acids is 1. The molecule has 1 aliphatic rings. The lowest BCUT2D eigenvalue weighted by Crippen LogP contribution is -2.29. The second-order valence-electron chi connectivity index (χ2n) is 5.54. The van der Waals surface area contributed by atoms with Gasteiger partial charge in [-0.05, 0) is 42.9 Å². The average Bonchev–Trinajstić information content (AvgIpc) is 3.16. The number of rotatable bonds is 4. The molecule has 3 rings (SSSR count). The zero-order chi connectivity index (χ0) is 15.5. The van der Waals surface area contributed by atoms with Crippen molar-refractivity contribution in [3.8, 4) is 5.69 Å². The number of nitrogens with one attached hydrogen (secondary N) is 1. The average molecular weight is 317 g/mol. The quantitative estimate of drug-likeness (QED) is 0.882. The van der Waals surface area contributed by atoms with E-state index >= 15 is 0 Å². The zero-order valence-corrected chi connectivity index (χ0v) is 13.3. The molecule has 1 aromatic carbocycles. The summed E-state index contributed by atoms with van der Waals surface area (Å²) >= 11 is 5.20. The first-order valence-corrected chi connectivity index (χ1v) is 7.74. The molecule has 1 N–H and O–H groups in total. The highest BCUT2D eigenvalue weighted by Crippen LogP contribution is 2.19. The van der Waals surface area contributed by atoms with Crippen LogP contribution >= 0.6 is 12.2 Å². The van der Waals surface area contributed by atoms with Crippen molar-refractivity contribution in [2.45, 2.75) is 6.42 Å². The predicted molar refractivity (Wildman–Crippen MR) is 86.8 cm³/mol. The van der Waals surface area contributed by atoms with Crippen molar-refractivity contribution >= 4 is 18.1 Å². The number of carbonyl (C=O) groups is 1. The molecule has 116 valence electrons. The fourth-order valence-electron chi connectivity index (χ4n) is 2.86. The fourth-order valence-corrected chi connectivity index (χ4v) is 3.09. The minimum absolute atomic E-state index is 0.0859. The Bertz CT molecular complexity index is 705. The molecule has 0 aliphatic carbocycles. The van der Waals surface area contributed by atoms with Crippen LogP contribution in [-0.4, -0.2) is 47.2 Å². The maximum absolute atomic E-state index is 12.5. The van der Waals surface area contributed by atoms with Gasteiger partial charge < -0.3 is 14.6 Å². The van der Waals surface area contributed by atoms with Crippen LogP contribution in [0.25, 0.3) is 5.69 Å². The maximum atomic E-state index is 12.5. The lowest BCUT2D eigenvalue weighted by molar-refractivity contribution is 0.0775. The fraction of sp³-hybridized carbons (Fsp3) is 0.375. The molecule has 1 unspecified atom stereocenters. The molecule has 6 heteroatoms. The van der Waals surface area contributed by atoms with Crippen molar-refractivity contribution in [2.24, 2.45) is 5.92 Å². The number of aromatic amines is 1. The highest BCUT2D eigenvalue weighted by atomic mass is 32.1. The molecule has 0 spiro atoms. The van der Waals surface area contributed by atoms with Gasteiger partial charge >= 0.3 is 0 Å². The molecule has 2 aromatic rings. The van der Waals surface area contributed by atoms with Crippen molar-refractivity contribution in [3.63, 3.8) is 0 Å². The number of likely N-dealkylation sites (tertiary alicyclic amines) is 1. The van der Waals surface area contributed by atoms with Gasteiger partial charge in [0.25, 0.3) is 5.91 Å². The minimum atomic E-state index is 0.0859. The summed E-state index contributed by atoms with van der Waals surface area (Å²) in [4.78, 5) is 17.4. The van der Waals surface area contributed by atoms with Crippen molar-refractivity contribution in [3.05, 3.63) is 47.0 Å². The van der Waals surface area contributed by atoms with Gasteiger partial charge in [-0.25, -0.2) is 0 Å². The normalized spacial score (nSPS) is 17.9. The van der Waals surface area contributed by atoms with Crippen LogP contribution in [0.3, 0.4) is 0 Å². The van der Waals surface area contributed by atoms with Gasteiger partial charge in [0.15, 0.2) is 4.77 Å². The second-order valence-corrected chi connectivity index (χ2v) is 5.93. The monoisotopic (exact) mass is 317 g/mol. The van der Waals surface area contributed by atoms with E-state index in [2.05, 4.69) is 4.98 Å². The molecule has 1 atom stereocenters.